The number of hydrogen-bond donors (Lipinski definition) is 1. The molecule has 102 valence electrons. The predicted molar refractivity (Wildman–Crippen MR) is 87.5 cm³/mol. The normalized spacial score (nSPS) is 12.7. The Kier molecular flexibility index (Phi) is 3.59. The van der Waals surface area contributed by atoms with Crippen LogP contribution in [0.1, 0.15) is 11.1 Å². The topological polar surface area (TPSA) is 43.1 Å². The molecule has 1 atom stereocenters. The summed E-state index contributed by atoms with van der Waals surface area (Å²) in [4.78, 5) is 0.834. The van der Waals surface area contributed by atoms with Crippen LogP contribution in [-0.2, 0) is 16.6 Å². The fourth-order valence-corrected chi connectivity index (χ4v) is 4.67. The molecule has 2 N–H and O–H groups in total. The number of hydrogen-bond acceptors (Lipinski definition) is 3. The number of rotatable bonds is 3. The van der Waals surface area contributed by atoms with Gasteiger partial charge in [-0.05, 0) is 47.0 Å². The quantitative estimate of drug-likeness (QED) is 0.740. The minimum atomic E-state index is -1.06. The first-order valence-electron chi connectivity index (χ1n) is 6.35. The molecule has 0 aliphatic carbocycles. The highest BCUT2D eigenvalue weighted by atomic mass is 32.2. The first-order chi connectivity index (χ1) is 9.65. The molecule has 3 rings (SSSR count). The van der Waals surface area contributed by atoms with E-state index in [1.807, 2.05) is 37.3 Å². The van der Waals surface area contributed by atoms with E-state index in [4.69, 9.17) is 5.73 Å². The Labute approximate surface area is 124 Å². The van der Waals surface area contributed by atoms with E-state index < -0.39 is 10.8 Å². The van der Waals surface area contributed by atoms with Crippen molar-refractivity contribution in [1.82, 2.24) is 0 Å². The summed E-state index contributed by atoms with van der Waals surface area (Å²) < 4.78 is 13.8. The van der Waals surface area contributed by atoms with E-state index in [-0.39, 0.29) is 0 Å². The van der Waals surface area contributed by atoms with Gasteiger partial charge < -0.3 is 5.73 Å². The van der Waals surface area contributed by atoms with Crippen LogP contribution in [0.2, 0.25) is 0 Å². The highest BCUT2D eigenvalue weighted by molar-refractivity contribution is 7.84. The van der Waals surface area contributed by atoms with Crippen LogP contribution < -0.4 is 5.73 Å². The van der Waals surface area contributed by atoms with Crippen molar-refractivity contribution < 1.29 is 4.21 Å². The number of anilines is 1. The molecular weight excluding hydrogens is 286 g/mol. The summed E-state index contributed by atoms with van der Waals surface area (Å²) in [7, 11) is -1.06. The molecule has 1 aromatic heterocycles. The van der Waals surface area contributed by atoms with Crippen molar-refractivity contribution in [2.45, 2.75) is 17.6 Å². The van der Waals surface area contributed by atoms with E-state index in [2.05, 4.69) is 17.5 Å². The van der Waals surface area contributed by atoms with E-state index in [1.165, 1.54) is 10.1 Å². The van der Waals surface area contributed by atoms with Crippen LogP contribution in [-0.4, -0.2) is 4.21 Å². The molecule has 0 aliphatic rings. The van der Waals surface area contributed by atoms with Crippen molar-refractivity contribution in [3.8, 4) is 0 Å². The molecule has 0 amide bonds. The molecule has 0 fully saturated rings. The largest absolute Gasteiger partial charge is 0.399 e. The number of fused-ring (bicyclic) bond motifs is 1. The Morgan fingerprint density at radius 3 is 2.85 bits per heavy atom. The van der Waals surface area contributed by atoms with E-state index in [0.29, 0.717) is 11.4 Å². The molecule has 0 spiro atoms. The summed E-state index contributed by atoms with van der Waals surface area (Å²) in [5.41, 5.74) is 8.63. The van der Waals surface area contributed by atoms with Gasteiger partial charge in [0, 0.05) is 15.3 Å². The fraction of sp³-hybridized carbons (Fsp3) is 0.125. The Bertz CT molecular complexity index is 792. The highest BCUT2D eigenvalue weighted by Crippen LogP contribution is 2.28. The van der Waals surface area contributed by atoms with Gasteiger partial charge in [-0.25, -0.2) is 0 Å². The molecule has 1 heterocycles. The van der Waals surface area contributed by atoms with Gasteiger partial charge in [-0.2, -0.15) is 0 Å². The van der Waals surface area contributed by atoms with Crippen LogP contribution in [0.3, 0.4) is 0 Å². The molecule has 0 bridgehead atoms. The van der Waals surface area contributed by atoms with Gasteiger partial charge in [0.2, 0.25) is 0 Å². The van der Waals surface area contributed by atoms with E-state index in [1.54, 1.807) is 11.3 Å². The zero-order valence-corrected chi connectivity index (χ0v) is 12.8. The van der Waals surface area contributed by atoms with Crippen LogP contribution in [0, 0.1) is 6.92 Å². The van der Waals surface area contributed by atoms with Gasteiger partial charge in [-0.1, -0.05) is 24.3 Å². The minimum absolute atomic E-state index is 0.536. The molecule has 0 aliphatic heterocycles. The second-order valence-electron chi connectivity index (χ2n) is 4.77. The zero-order valence-electron chi connectivity index (χ0n) is 11.1. The van der Waals surface area contributed by atoms with Crippen LogP contribution in [0.25, 0.3) is 10.1 Å². The van der Waals surface area contributed by atoms with Crippen LogP contribution >= 0.6 is 11.3 Å². The van der Waals surface area contributed by atoms with Crippen molar-refractivity contribution in [1.29, 1.82) is 0 Å². The molecular formula is C16H15NOS2. The predicted octanol–water partition coefficient (Wildman–Crippen LogP) is 4.10. The monoisotopic (exact) mass is 301 g/mol. The van der Waals surface area contributed by atoms with Crippen molar-refractivity contribution in [2.75, 3.05) is 5.73 Å². The molecule has 20 heavy (non-hydrogen) atoms. The molecule has 4 heteroatoms. The van der Waals surface area contributed by atoms with Gasteiger partial charge in [0.1, 0.15) is 0 Å². The average molecular weight is 301 g/mol. The third-order valence-corrected chi connectivity index (χ3v) is 5.82. The third kappa shape index (κ3) is 2.49. The highest BCUT2D eigenvalue weighted by Gasteiger charge is 2.11. The van der Waals surface area contributed by atoms with Crippen molar-refractivity contribution in [3.05, 3.63) is 59.0 Å². The molecule has 0 radical (unpaired) electrons. The maximum Gasteiger partial charge on any atom is 0.0578 e. The molecule has 2 nitrogen and oxygen atoms in total. The van der Waals surface area contributed by atoms with Crippen LogP contribution in [0.4, 0.5) is 5.69 Å². The average Bonchev–Trinajstić information content (AvgIpc) is 2.85. The van der Waals surface area contributed by atoms with Gasteiger partial charge in [-0.3, -0.25) is 4.21 Å². The molecule has 3 aromatic rings. The lowest BCUT2D eigenvalue weighted by Gasteiger charge is -2.06. The number of nitrogen functional groups attached to an aromatic ring is 1. The Morgan fingerprint density at radius 2 is 2.00 bits per heavy atom. The van der Waals surface area contributed by atoms with Gasteiger partial charge in [0.05, 0.1) is 16.6 Å². The number of thiophene rings is 1. The smallest absolute Gasteiger partial charge is 0.0578 e. The number of benzene rings is 2. The maximum atomic E-state index is 12.6. The van der Waals surface area contributed by atoms with Crippen molar-refractivity contribution >= 4 is 37.9 Å². The summed E-state index contributed by atoms with van der Waals surface area (Å²) in [6.45, 7) is 1.97. The van der Waals surface area contributed by atoms with E-state index in [9.17, 15) is 4.21 Å². The SMILES string of the molecule is Cc1ccc(N)cc1S(=O)Cc1csc2ccccc12. The minimum Gasteiger partial charge on any atom is -0.399 e. The maximum absolute atomic E-state index is 12.6. The number of nitrogens with two attached hydrogens (primary N) is 1. The summed E-state index contributed by atoms with van der Waals surface area (Å²) in [6.07, 6.45) is 0. The Morgan fingerprint density at radius 1 is 1.20 bits per heavy atom. The van der Waals surface area contributed by atoms with Crippen molar-refractivity contribution in [2.24, 2.45) is 0 Å². The van der Waals surface area contributed by atoms with Gasteiger partial charge in [0.25, 0.3) is 0 Å². The van der Waals surface area contributed by atoms with Crippen molar-refractivity contribution in [3.63, 3.8) is 0 Å². The second kappa shape index (κ2) is 5.38. The molecule has 2 aromatic carbocycles. The Balaban J connectivity index is 1.94. The summed E-state index contributed by atoms with van der Waals surface area (Å²) in [6, 6.07) is 13.8. The first-order valence-corrected chi connectivity index (χ1v) is 8.54. The third-order valence-electron chi connectivity index (χ3n) is 3.31. The second-order valence-corrected chi connectivity index (χ2v) is 7.10. The Hall–Kier alpha value is -1.65. The van der Waals surface area contributed by atoms with E-state index in [0.717, 1.165) is 16.0 Å². The number of aryl methyl sites for hydroxylation is 1. The van der Waals surface area contributed by atoms with Gasteiger partial charge in [0.15, 0.2) is 0 Å². The van der Waals surface area contributed by atoms with E-state index >= 15 is 0 Å². The standard InChI is InChI=1S/C16H15NOS2/c1-11-6-7-13(17)8-16(11)20(18)10-12-9-19-15-5-3-2-4-14(12)15/h2-9H,10,17H2,1H3. The first kappa shape index (κ1) is 13.3. The summed E-state index contributed by atoms with van der Waals surface area (Å²) >= 11 is 1.70. The molecule has 0 saturated carbocycles. The van der Waals surface area contributed by atoms with Crippen LogP contribution in [0.5, 0.6) is 0 Å². The zero-order chi connectivity index (χ0) is 14.1. The molecule has 1 unspecified atom stereocenters. The lowest BCUT2D eigenvalue weighted by atomic mass is 10.2. The molecule has 0 saturated heterocycles. The van der Waals surface area contributed by atoms with Gasteiger partial charge in [-0.15, -0.1) is 11.3 Å². The summed E-state index contributed by atoms with van der Waals surface area (Å²) in [5.74, 6) is 0.536. The van der Waals surface area contributed by atoms with Crippen LogP contribution in [0.15, 0.2) is 52.7 Å². The fourth-order valence-electron chi connectivity index (χ4n) is 2.23. The van der Waals surface area contributed by atoms with Gasteiger partial charge >= 0.3 is 0 Å². The summed E-state index contributed by atoms with van der Waals surface area (Å²) in [5, 5.41) is 3.30. The lowest BCUT2D eigenvalue weighted by Crippen LogP contribution is -1.99. The lowest BCUT2D eigenvalue weighted by molar-refractivity contribution is 0.682.